The predicted octanol–water partition coefficient (Wildman–Crippen LogP) is 5.38. The number of hydrogen-bond acceptors (Lipinski definition) is 4. The van der Waals surface area contributed by atoms with Crippen molar-refractivity contribution in [3.63, 3.8) is 0 Å². The minimum Gasteiger partial charge on any atom is -0.447 e. The minimum atomic E-state index is -0.517. The van der Waals surface area contributed by atoms with Gasteiger partial charge in [-0.25, -0.2) is 9.69 Å². The zero-order valence-corrected chi connectivity index (χ0v) is 18.4. The van der Waals surface area contributed by atoms with Crippen LogP contribution in [0, 0.1) is 5.92 Å². The third kappa shape index (κ3) is 6.93. The molecule has 166 valence electrons. The predicted molar refractivity (Wildman–Crippen MR) is 120 cm³/mol. The van der Waals surface area contributed by atoms with E-state index in [-0.39, 0.29) is 24.5 Å². The molecule has 3 rings (SSSR count). The van der Waals surface area contributed by atoms with Crippen molar-refractivity contribution in [2.24, 2.45) is 5.92 Å². The van der Waals surface area contributed by atoms with E-state index in [2.05, 4.69) is 6.92 Å². The van der Waals surface area contributed by atoms with Gasteiger partial charge in [-0.2, -0.15) is 0 Å². The van der Waals surface area contributed by atoms with Crippen molar-refractivity contribution in [3.8, 4) is 0 Å². The smallest absolute Gasteiger partial charge is 0.416 e. The molecule has 1 saturated heterocycles. The number of hydrogen-bond donors (Lipinski definition) is 0. The van der Waals surface area contributed by atoms with E-state index < -0.39 is 6.09 Å². The molecule has 5 nitrogen and oxygen atoms in total. The zero-order valence-electron chi connectivity index (χ0n) is 18.4. The van der Waals surface area contributed by atoms with Crippen molar-refractivity contribution in [1.82, 2.24) is 4.90 Å². The third-order valence-electron chi connectivity index (χ3n) is 5.74. The second-order valence-corrected chi connectivity index (χ2v) is 8.15. The molecule has 0 saturated carbocycles. The van der Waals surface area contributed by atoms with Gasteiger partial charge in [0.2, 0.25) is 5.91 Å². The number of rotatable bonds is 12. The van der Waals surface area contributed by atoms with Crippen LogP contribution in [0.3, 0.4) is 0 Å². The van der Waals surface area contributed by atoms with Gasteiger partial charge in [0.25, 0.3) is 0 Å². The molecule has 1 heterocycles. The summed E-state index contributed by atoms with van der Waals surface area (Å²) in [6.07, 6.45) is 4.61. The summed E-state index contributed by atoms with van der Waals surface area (Å²) in [6, 6.07) is 19.7. The number of ether oxygens (including phenoxy) is 2. The van der Waals surface area contributed by atoms with Gasteiger partial charge in [-0.3, -0.25) is 4.79 Å². The molecule has 2 atom stereocenters. The van der Waals surface area contributed by atoms with Crippen molar-refractivity contribution in [2.75, 3.05) is 13.2 Å². The van der Waals surface area contributed by atoms with E-state index in [1.54, 1.807) is 0 Å². The number of carbonyl (C=O) groups is 2. The molecule has 0 aromatic heterocycles. The number of imide groups is 1. The third-order valence-corrected chi connectivity index (χ3v) is 5.74. The zero-order chi connectivity index (χ0) is 21.9. The maximum Gasteiger partial charge on any atom is 0.416 e. The molecule has 1 fully saturated rings. The van der Waals surface area contributed by atoms with E-state index in [4.69, 9.17) is 9.47 Å². The van der Waals surface area contributed by atoms with Gasteiger partial charge in [-0.05, 0) is 30.4 Å². The molecule has 0 unspecified atom stereocenters. The molecule has 2 aromatic rings. The highest BCUT2D eigenvalue weighted by molar-refractivity contribution is 5.94. The first-order chi connectivity index (χ1) is 15.2. The number of unbranched alkanes of at least 4 members (excludes halogenated alkanes) is 2. The molecule has 5 heteroatoms. The summed E-state index contributed by atoms with van der Waals surface area (Å²) < 4.78 is 11.1. The summed E-state index contributed by atoms with van der Waals surface area (Å²) in [4.78, 5) is 27.2. The Morgan fingerprint density at radius 2 is 1.71 bits per heavy atom. The first-order valence-corrected chi connectivity index (χ1v) is 11.3. The summed E-state index contributed by atoms with van der Waals surface area (Å²) in [6.45, 7) is 3.42. The van der Waals surface area contributed by atoms with Crippen LogP contribution in [0.5, 0.6) is 0 Å². The Morgan fingerprint density at radius 1 is 1.03 bits per heavy atom. The molecule has 0 spiro atoms. The molecule has 2 aromatic carbocycles. The number of amides is 2. The molecule has 0 radical (unpaired) electrons. The van der Waals surface area contributed by atoms with Crippen molar-refractivity contribution < 1.29 is 19.1 Å². The Bertz CT molecular complexity index is 809. The maximum atomic E-state index is 13.4. The lowest BCUT2D eigenvalue weighted by Crippen LogP contribution is -2.43. The second-order valence-electron chi connectivity index (χ2n) is 8.15. The van der Waals surface area contributed by atoms with Crippen LogP contribution < -0.4 is 0 Å². The molecule has 0 aliphatic carbocycles. The van der Waals surface area contributed by atoms with Gasteiger partial charge in [-0.1, -0.05) is 86.8 Å². The molecule has 0 bridgehead atoms. The van der Waals surface area contributed by atoms with E-state index in [1.165, 1.54) is 4.90 Å². The highest BCUT2D eigenvalue weighted by Crippen LogP contribution is 2.24. The Morgan fingerprint density at radius 3 is 2.39 bits per heavy atom. The van der Waals surface area contributed by atoms with Crippen LogP contribution in [0.2, 0.25) is 0 Å². The molecule has 1 aliphatic heterocycles. The van der Waals surface area contributed by atoms with Crippen LogP contribution in [-0.2, 0) is 27.3 Å². The van der Waals surface area contributed by atoms with Gasteiger partial charge < -0.3 is 9.47 Å². The SMILES string of the molecule is CCCCC[C@H](CCOCc1ccccc1)C(=O)N1C(=O)OC[C@@H]1Cc1ccccc1. The Labute approximate surface area is 185 Å². The van der Waals surface area contributed by atoms with Gasteiger partial charge in [0.05, 0.1) is 12.6 Å². The highest BCUT2D eigenvalue weighted by Gasteiger charge is 2.40. The average molecular weight is 424 g/mol. The number of nitrogens with zero attached hydrogens (tertiary/aromatic N) is 1. The molecule has 2 amide bonds. The van der Waals surface area contributed by atoms with Gasteiger partial charge in [0, 0.05) is 12.5 Å². The van der Waals surface area contributed by atoms with E-state index in [0.29, 0.717) is 26.1 Å². The van der Waals surface area contributed by atoms with E-state index in [1.807, 2.05) is 60.7 Å². The number of cyclic esters (lactones) is 1. The monoisotopic (exact) mass is 423 g/mol. The van der Waals surface area contributed by atoms with Crippen LogP contribution in [-0.4, -0.2) is 36.2 Å². The fourth-order valence-electron chi connectivity index (χ4n) is 3.99. The topological polar surface area (TPSA) is 55.8 Å². The van der Waals surface area contributed by atoms with Gasteiger partial charge in [-0.15, -0.1) is 0 Å². The molecule has 31 heavy (non-hydrogen) atoms. The first-order valence-electron chi connectivity index (χ1n) is 11.3. The summed E-state index contributed by atoms with van der Waals surface area (Å²) in [7, 11) is 0. The Hall–Kier alpha value is -2.66. The van der Waals surface area contributed by atoms with E-state index >= 15 is 0 Å². The van der Waals surface area contributed by atoms with Crippen LogP contribution >= 0.6 is 0 Å². The van der Waals surface area contributed by atoms with Crippen molar-refractivity contribution in [1.29, 1.82) is 0 Å². The number of benzene rings is 2. The fourth-order valence-corrected chi connectivity index (χ4v) is 3.99. The van der Waals surface area contributed by atoms with Crippen molar-refractivity contribution in [3.05, 3.63) is 71.8 Å². The molecular weight excluding hydrogens is 390 g/mol. The van der Waals surface area contributed by atoms with E-state index in [0.717, 1.165) is 36.8 Å². The van der Waals surface area contributed by atoms with Gasteiger partial charge in [0.15, 0.2) is 0 Å². The minimum absolute atomic E-state index is 0.122. The Balaban J connectivity index is 1.60. The highest BCUT2D eigenvalue weighted by atomic mass is 16.6. The van der Waals surface area contributed by atoms with Crippen molar-refractivity contribution >= 4 is 12.0 Å². The van der Waals surface area contributed by atoms with Gasteiger partial charge >= 0.3 is 6.09 Å². The largest absolute Gasteiger partial charge is 0.447 e. The van der Waals surface area contributed by atoms with Crippen LogP contribution in [0.25, 0.3) is 0 Å². The lowest BCUT2D eigenvalue weighted by molar-refractivity contribution is -0.134. The summed E-state index contributed by atoms with van der Waals surface area (Å²) in [5.74, 6) is -0.353. The summed E-state index contributed by atoms with van der Waals surface area (Å²) >= 11 is 0. The van der Waals surface area contributed by atoms with Crippen molar-refractivity contribution in [2.45, 2.75) is 58.1 Å². The lowest BCUT2D eigenvalue weighted by atomic mass is 9.95. The van der Waals surface area contributed by atoms with E-state index in [9.17, 15) is 9.59 Å². The van der Waals surface area contributed by atoms with Crippen LogP contribution in [0.15, 0.2) is 60.7 Å². The second kappa shape index (κ2) is 12.3. The summed E-state index contributed by atoms with van der Waals surface area (Å²) in [5, 5.41) is 0. The summed E-state index contributed by atoms with van der Waals surface area (Å²) in [5.41, 5.74) is 2.21. The molecular formula is C26H33NO4. The van der Waals surface area contributed by atoms with Gasteiger partial charge in [0.1, 0.15) is 6.61 Å². The first kappa shape index (κ1) is 23.0. The molecule has 1 aliphatic rings. The number of carbonyl (C=O) groups excluding carboxylic acids is 2. The fraction of sp³-hybridized carbons (Fsp3) is 0.462. The lowest BCUT2D eigenvalue weighted by Gasteiger charge is -2.25. The normalized spacial score (nSPS) is 16.9. The van der Waals surface area contributed by atoms with Crippen LogP contribution in [0.4, 0.5) is 4.79 Å². The standard InChI is InChI=1S/C26H33NO4/c1-2-3-6-15-23(16-17-30-19-22-13-9-5-10-14-22)25(28)27-24(20-31-26(27)29)18-21-11-7-4-8-12-21/h4-5,7-14,23-24H,2-3,6,15-20H2,1H3/t23-,24+/m1/s1. The maximum absolute atomic E-state index is 13.4. The quantitative estimate of drug-likeness (QED) is 0.430. The van der Waals surface area contributed by atoms with Crippen LogP contribution in [0.1, 0.15) is 50.2 Å². The Kier molecular flexibility index (Phi) is 9.10. The average Bonchev–Trinajstić information content (AvgIpc) is 3.16. The molecule has 0 N–H and O–H groups in total.